The van der Waals surface area contributed by atoms with Crippen LogP contribution in [0.25, 0.3) is 0 Å². The topological polar surface area (TPSA) is 43.4 Å². The van der Waals surface area contributed by atoms with Gasteiger partial charge < -0.3 is 4.74 Å². The van der Waals surface area contributed by atoms with Crippen molar-refractivity contribution in [2.75, 3.05) is 0 Å². The first-order chi connectivity index (χ1) is 6.11. The van der Waals surface area contributed by atoms with Crippen LogP contribution in [0.5, 0.6) is 0 Å². The van der Waals surface area contributed by atoms with E-state index < -0.39 is 6.10 Å². The zero-order valence-corrected chi connectivity index (χ0v) is 8.58. The third-order valence-corrected chi connectivity index (χ3v) is 2.01. The molecule has 0 aromatic rings. The molecule has 0 aliphatic carbocycles. The van der Waals surface area contributed by atoms with Crippen LogP contribution in [0.3, 0.4) is 0 Å². The highest BCUT2D eigenvalue weighted by molar-refractivity contribution is 5.70. The van der Waals surface area contributed by atoms with E-state index in [1.807, 2.05) is 6.92 Å². The number of ether oxygens (including phenoxy) is 1. The number of hydrogen-bond donors (Lipinski definition) is 0. The third-order valence-electron chi connectivity index (χ3n) is 2.01. The molecule has 2 atom stereocenters. The summed E-state index contributed by atoms with van der Waals surface area (Å²) in [7, 11) is 0. The lowest BCUT2D eigenvalue weighted by Crippen LogP contribution is -2.25. The van der Waals surface area contributed by atoms with E-state index in [-0.39, 0.29) is 11.9 Å². The molecule has 3 nitrogen and oxygen atoms in total. The van der Waals surface area contributed by atoms with Gasteiger partial charge in [-0.25, -0.2) is 0 Å². The van der Waals surface area contributed by atoms with Gasteiger partial charge in [0.25, 0.3) is 0 Å². The van der Waals surface area contributed by atoms with Gasteiger partial charge in [-0.15, -0.1) is 0 Å². The van der Waals surface area contributed by atoms with Crippen molar-refractivity contribution in [2.45, 2.75) is 46.1 Å². The van der Waals surface area contributed by atoms with Gasteiger partial charge in [0.1, 0.15) is 0 Å². The molecule has 13 heavy (non-hydrogen) atoms. The lowest BCUT2D eigenvalue weighted by Gasteiger charge is -2.17. The van der Waals surface area contributed by atoms with Crippen LogP contribution in [0.4, 0.5) is 0 Å². The highest BCUT2D eigenvalue weighted by Gasteiger charge is 2.18. The highest BCUT2D eigenvalue weighted by Crippen LogP contribution is 2.13. The zero-order chi connectivity index (χ0) is 10.3. The maximum atomic E-state index is 10.6. The molecule has 0 heterocycles. The van der Waals surface area contributed by atoms with Crippen molar-refractivity contribution in [3.8, 4) is 0 Å². The van der Waals surface area contributed by atoms with Gasteiger partial charge in [0.15, 0.2) is 12.4 Å². The molecule has 0 aromatic carbocycles. The van der Waals surface area contributed by atoms with Crippen LogP contribution in [-0.4, -0.2) is 18.4 Å². The van der Waals surface area contributed by atoms with Crippen LogP contribution in [0.1, 0.15) is 40.0 Å². The van der Waals surface area contributed by atoms with Gasteiger partial charge in [-0.1, -0.05) is 26.7 Å². The van der Waals surface area contributed by atoms with Gasteiger partial charge >= 0.3 is 5.97 Å². The summed E-state index contributed by atoms with van der Waals surface area (Å²) in [6, 6.07) is 0. The summed E-state index contributed by atoms with van der Waals surface area (Å²) in [6.45, 7) is 5.34. The third kappa shape index (κ3) is 5.39. The fourth-order valence-corrected chi connectivity index (χ4v) is 1.16. The van der Waals surface area contributed by atoms with Crippen molar-refractivity contribution in [3.63, 3.8) is 0 Å². The highest BCUT2D eigenvalue weighted by atomic mass is 16.5. The summed E-state index contributed by atoms with van der Waals surface area (Å²) in [6.07, 6.45) is 3.22. The van der Waals surface area contributed by atoms with E-state index in [9.17, 15) is 9.59 Å². The molecule has 0 spiro atoms. The van der Waals surface area contributed by atoms with E-state index in [2.05, 4.69) is 6.92 Å². The summed E-state index contributed by atoms with van der Waals surface area (Å²) >= 11 is 0. The number of rotatable bonds is 6. The lowest BCUT2D eigenvalue weighted by molar-refractivity contribution is -0.152. The van der Waals surface area contributed by atoms with Crippen molar-refractivity contribution >= 4 is 12.3 Å². The average Bonchev–Trinajstić information content (AvgIpc) is 2.09. The monoisotopic (exact) mass is 186 g/mol. The Kier molecular flexibility index (Phi) is 6.20. The van der Waals surface area contributed by atoms with Crippen molar-refractivity contribution in [1.29, 1.82) is 0 Å². The minimum atomic E-state index is -0.566. The van der Waals surface area contributed by atoms with Crippen molar-refractivity contribution in [2.24, 2.45) is 5.92 Å². The number of unbranched alkanes of at least 4 members (excludes halogenated alkanes) is 1. The number of aldehydes is 1. The Bertz CT molecular complexity index is 166. The standard InChI is InChI=1S/C10H18O3/c1-4-5-6-8(2)10(7-11)13-9(3)12/h7-8,10H,4-6H2,1-3H3. The number of esters is 1. The van der Waals surface area contributed by atoms with Crippen LogP contribution in [-0.2, 0) is 14.3 Å². The van der Waals surface area contributed by atoms with Crippen LogP contribution < -0.4 is 0 Å². The van der Waals surface area contributed by atoms with Gasteiger partial charge in [-0.3, -0.25) is 9.59 Å². The summed E-state index contributed by atoms with van der Waals surface area (Å²) < 4.78 is 4.85. The molecule has 0 radical (unpaired) electrons. The van der Waals surface area contributed by atoms with Gasteiger partial charge in [-0.2, -0.15) is 0 Å². The predicted octanol–water partition coefficient (Wildman–Crippen LogP) is 1.94. The minimum absolute atomic E-state index is 0.126. The van der Waals surface area contributed by atoms with E-state index in [0.717, 1.165) is 19.3 Å². The maximum Gasteiger partial charge on any atom is 0.303 e. The van der Waals surface area contributed by atoms with Gasteiger partial charge in [0.05, 0.1) is 0 Å². The van der Waals surface area contributed by atoms with E-state index in [1.54, 1.807) is 0 Å². The van der Waals surface area contributed by atoms with Gasteiger partial charge in [0, 0.05) is 12.8 Å². The predicted molar refractivity (Wildman–Crippen MR) is 50.3 cm³/mol. The summed E-state index contributed by atoms with van der Waals surface area (Å²) in [5.41, 5.74) is 0. The largest absolute Gasteiger partial charge is 0.455 e. The van der Waals surface area contributed by atoms with Crippen LogP contribution in [0, 0.1) is 5.92 Å². The second kappa shape index (κ2) is 6.63. The molecular weight excluding hydrogens is 168 g/mol. The minimum Gasteiger partial charge on any atom is -0.455 e. The van der Waals surface area contributed by atoms with E-state index in [4.69, 9.17) is 4.74 Å². The normalized spacial score (nSPS) is 14.7. The van der Waals surface area contributed by atoms with Crippen LogP contribution >= 0.6 is 0 Å². The quantitative estimate of drug-likeness (QED) is 0.470. The fourth-order valence-electron chi connectivity index (χ4n) is 1.16. The molecule has 0 rings (SSSR count). The Morgan fingerprint density at radius 2 is 2.15 bits per heavy atom. The van der Waals surface area contributed by atoms with E-state index in [1.165, 1.54) is 6.92 Å². The Morgan fingerprint density at radius 3 is 2.54 bits per heavy atom. The second-order valence-corrected chi connectivity index (χ2v) is 3.33. The number of carbonyl (C=O) groups excluding carboxylic acids is 2. The van der Waals surface area contributed by atoms with Crippen LogP contribution in [0.15, 0.2) is 0 Å². The first-order valence-corrected chi connectivity index (χ1v) is 4.74. The van der Waals surface area contributed by atoms with E-state index in [0.29, 0.717) is 6.29 Å². The molecular formula is C10H18O3. The number of hydrogen-bond acceptors (Lipinski definition) is 3. The molecule has 0 amide bonds. The van der Waals surface area contributed by atoms with Gasteiger partial charge in [0.2, 0.25) is 0 Å². The first-order valence-electron chi connectivity index (χ1n) is 4.74. The molecule has 0 aromatic heterocycles. The van der Waals surface area contributed by atoms with Gasteiger partial charge in [-0.05, 0) is 6.42 Å². The Balaban J connectivity index is 3.91. The van der Waals surface area contributed by atoms with Crippen molar-refractivity contribution < 1.29 is 14.3 Å². The Labute approximate surface area is 79.5 Å². The summed E-state index contributed by atoms with van der Waals surface area (Å²) in [4.78, 5) is 21.2. The molecule has 76 valence electrons. The number of carbonyl (C=O) groups is 2. The summed E-state index contributed by atoms with van der Waals surface area (Å²) in [5.74, 6) is -0.262. The molecule has 0 fully saturated rings. The fraction of sp³-hybridized carbons (Fsp3) is 0.800. The second-order valence-electron chi connectivity index (χ2n) is 3.33. The Morgan fingerprint density at radius 1 is 1.54 bits per heavy atom. The van der Waals surface area contributed by atoms with E-state index >= 15 is 0 Å². The SMILES string of the molecule is CCCCC(C)C(C=O)OC(C)=O. The molecule has 0 aliphatic rings. The maximum absolute atomic E-state index is 10.6. The molecule has 0 aliphatic heterocycles. The molecule has 0 saturated heterocycles. The molecule has 0 N–H and O–H groups in total. The van der Waals surface area contributed by atoms with Crippen molar-refractivity contribution in [1.82, 2.24) is 0 Å². The molecule has 2 unspecified atom stereocenters. The average molecular weight is 186 g/mol. The molecule has 3 heteroatoms. The van der Waals surface area contributed by atoms with Crippen molar-refractivity contribution in [3.05, 3.63) is 0 Å². The Hall–Kier alpha value is -0.860. The smallest absolute Gasteiger partial charge is 0.303 e. The molecule has 0 bridgehead atoms. The first kappa shape index (κ1) is 12.1. The van der Waals surface area contributed by atoms with Crippen LogP contribution in [0.2, 0.25) is 0 Å². The lowest BCUT2D eigenvalue weighted by atomic mass is 9.99. The zero-order valence-electron chi connectivity index (χ0n) is 8.58. The molecule has 0 saturated carbocycles. The summed E-state index contributed by atoms with van der Waals surface area (Å²) in [5, 5.41) is 0.